The molecule has 58 heavy (non-hydrogen) atoms. The zero-order valence-corrected chi connectivity index (χ0v) is 42.7. The summed E-state index contributed by atoms with van der Waals surface area (Å²) >= 11 is -5.94. The topological polar surface area (TPSA) is 0 Å². The fourth-order valence-electron chi connectivity index (χ4n) is 6.94. The molecule has 9 aromatic carbocycles. The van der Waals surface area contributed by atoms with Gasteiger partial charge in [-0.1, -0.05) is 0 Å². The van der Waals surface area contributed by atoms with E-state index in [2.05, 4.69) is 273 Å². The zero-order chi connectivity index (χ0) is 38.7. The summed E-state index contributed by atoms with van der Waals surface area (Å²) in [5.41, 5.74) is 0. The van der Waals surface area contributed by atoms with Crippen LogP contribution in [0.4, 0.5) is 0 Å². The summed E-state index contributed by atoms with van der Waals surface area (Å²) < 4.78 is 13.8. The molecule has 0 saturated carbocycles. The van der Waals surface area contributed by atoms with Crippen molar-refractivity contribution in [2.75, 3.05) is 0 Å². The first-order valence-corrected chi connectivity index (χ1v) is 32.3. The number of hydrogen-bond donors (Lipinski definition) is 0. The molecular weight excluding hydrogens is 1040 g/mol. The van der Waals surface area contributed by atoms with E-state index >= 15 is 0 Å². The molecule has 281 valence electrons. The van der Waals surface area contributed by atoms with Crippen LogP contribution in [0.1, 0.15) is 0 Å². The number of hydrogen-bond acceptors (Lipinski definition) is 0. The maximum atomic E-state index is 2.29. The van der Waals surface area contributed by atoms with Gasteiger partial charge in [0.15, 0.2) is 0 Å². The first kappa shape index (κ1) is 43.4. The Morgan fingerprint density at radius 1 is 0.138 bits per heavy atom. The third kappa shape index (κ3) is 12.4. The fraction of sp³-hybridized carbons (Fsp3) is 0. The Kier molecular flexibility index (Phi) is 18.0. The van der Waals surface area contributed by atoms with Crippen LogP contribution < -0.4 is 32.2 Å². The van der Waals surface area contributed by atoms with Gasteiger partial charge in [-0.15, -0.1) is 0 Å². The summed E-state index contributed by atoms with van der Waals surface area (Å²) in [7, 11) is 0. The van der Waals surface area contributed by atoms with E-state index in [0.29, 0.717) is 0 Å². The minimum absolute atomic E-state index is 0. The normalized spacial score (nSPS) is 10.4. The SMILES string of the molecule is P.c1cc[c]([Sn]([c]2ccccc2)[c]2ccccc2)cc1.c1cc[c]([Sn]([c]2ccccc2)[c]2ccccc2)cc1.c1cc[c]([Sn]([c]2ccccc2)[c]2ccccc2)cc1. The van der Waals surface area contributed by atoms with Gasteiger partial charge >= 0.3 is 364 Å². The van der Waals surface area contributed by atoms with Gasteiger partial charge in [-0.05, 0) is 0 Å². The third-order valence-electron chi connectivity index (χ3n) is 9.56. The van der Waals surface area contributed by atoms with E-state index in [-0.39, 0.29) is 9.90 Å². The molecule has 0 aromatic heterocycles. The van der Waals surface area contributed by atoms with Crippen molar-refractivity contribution in [3.8, 4) is 0 Å². The van der Waals surface area contributed by atoms with Crippen LogP contribution in [0.15, 0.2) is 273 Å². The van der Waals surface area contributed by atoms with E-state index in [1.165, 1.54) is 32.2 Å². The van der Waals surface area contributed by atoms with E-state index < -0.39 is 59.3 Å². The van der Waals surface area contributed by atoms with Crippen molar-refractivity contribution in [1.29, 1.82) is 0 Å². The number of rotatable bonds is 9. The second-order valence-electron chi connectivity index (χ2n) is 13.4. The van der Waals surface area contributed by atoms with Crippen molar-refractivity contribution in [1.82, 2.24) is 0 Å². The minimum atomic E-state index is -1.98. The van der Waals surface area contributed by atoms with Crippen LogP contribution in [0.5, 0.6) is 0 Å². The molecule has 0 fully saturated rings. The fourth-order valence-corrected chi connectivity index (χ4v) is 29.0. The summed E-state index contributed by atoms with van der Waals surface area (Å²) in [5.74, 6) is 0. The van der Waals surface area contributed by atoms with Crippen molar-refractivity contribution in [2.45, 2.75) is 0 Å². The van der Waals surface area contributed by atoms with E-state index in [9.17, 15) is 0 Å². The summed E-state index contributed by atoms with van der Waals surface area (Å²) in [6, 6.07) is 98.8. The van der Waals surface area contributed by atoms with Crippen LogP contribution in [0.2, 0.25) is 0 Å². The molecule has 3 radical (unpaired) electrons. The van der Waals surface area contributed by atoms with E-state index in [4.69, 9.17) is 0 Å². The van der Waals surface area contributed by atoms with Crippen LogP contribution in [-0.4, -0.2) is 59.3 Å². The van der Waals surface area contributed by atoms with Crippen LogP contribution in [0.3, 0.4) is 0 Å². The van der Waals surface area contributed by atoms with E-state index in [1.54, 1.807) is 0 Å². The van der Waals surface area contributed by atoms with Crippen LogP contribution in [0, 0.1) is 0 Å². The van der Waals surface area contributed by atoms with Gasteiger partial charge in [-0.3, -0.25) is 0 Å². The summed E-state index contributed by atoms with van der Waals surface area (Å²) in [4.78, 5) is 0. The summed E-state index contributed by atoms with van der Waals surface area (Å²) in [6.07, 6.45) is 0. The molecule has 0 aliphatic carbocycles. The van der Waals surface area contributed by atoms with Crippen LogP contribution in [-0.2, 0) is 0 Å². The van der Waals surface area contributed by atoms with Crippen molar-refractivity contribution in [2.24, 2.45) is 0 Å². The molecule has 0 aliphatic rings. The Morgan fingerprint density at radius 3 is 0.310 bits per heavy atom. The quantitative estimate of drug-likeness (QED) is 0.112. The van der Waals surface area contributed by atoms with Gasteiger partial charge in [-0.25, -0.2) is 0 Å². The first-order valence-electron chi connectivity index (χ1n) is 19.4. The van der Waals surface area contributed by atoms with Crippen molar-refractivity contribution < 1.29 is 0 Å². The second-order valence-corrected chi connectivity index (χ2v) is 34.7. The molecule has 0 spiro atoms. The molecule has 9 rings (SSSR count). The van der Waals surface area contributed by atoms with Gasteiger partial charge in [0.1, 0.15) is 0 Å². The second kappa shape index (κ2) is 24.0. The molecule has 0 bridgehead atoms. The molecule has 1 unspecified atom stereocenters. The predicted molar refractivity (Wildman–Crippen MR) is 263 cm³/mol. The Hall–Kier alpha value is -4.19. The van der Waals surface area contributed by atoms with Crippen molar-refractivity contribution in [3.05, 3.63) is 273 Å². The number of benzene rings is 9. The van der Waals surface area contributed by atoms with Crippen LogP contribution in [0.25, 0.3) is 0 Å². The maximum absolute atomic E-state index is 2.29. The average Bonchev–Trinajstić information content (AvgIpc) is 3.30. The zero-order valence-electron chi connectivity index (χ0n) is 32.7. The molecular formula is C54H48PSn3. The Morgan fingerprint density at radius 2 is 0.224 bits per heavy atom. The summed E-state index contributed by atoms with van der Waals surface area (Å²) in [6.45, 7) is 0. The molecule has 0 saturated heterocycles. The van der Waals surface area contributed by atoms with Gasteiger partial charge in [0.25, 0.3) is 0 Å². The Balaban J connectivity index is 0.000000145. The van der Waals surface area contributed by atoms with E-state index in [1.807, 2.05) is 0 Å². The third-order valence-corrected chi connectivity index (χ3v) is 33.0. The molecule has 0 aliphatic heterocycles. The van der Waals surface area contributed by atoms with Gasteiger partial charge in [0.05, 0.1) is 0 Å². The Labute approximate surface area is 370 Å². The monoisotopic (exact) mass is 1090 g/mol. The summed E-state index contributed by atoms with van der Waals surface area (Å²) in [5, 5.41) is 0. The molecule has 0 amide bonds. The first-order chi connectivity index (χ1) is 28.3. The van der Waals surface area contributed by atoms with Gasteiger partial charge in [0.2, 0.25) is 0 Å². The van der Waals surface area contributed by atoms with Crippen molar-refractivity contribution in [3.63, 3.8) is 0 Å². The van der Waals surface area contributed by atoms with Gasteiger partial charge < -0.3 is 0 Å². The van der Waals surface area contributed by atoms with Crippen LogP contribution >= 0.6 is 9.90 Å². The predicted octanol–water partition coefficient (Wildman–Crippen LogP) is 6.67. The van der Waals surface area contributed by atoms with E-state index in [0.717, 1.165) is 0 Å². The van der Waals surface area contributed by atoms with Crippen molar-refractivity contribution >= 4 is 101 Å². The molecule has 1 atom stereocenters. The molecule has 9 aromatic rings. The standard InChI is InChI=1S/9C6H5.H3P.3Sn/c9*1-2-4-6-5-3-1;;;;/h9*1-5H;1H3;;;. The van der Waals surface area contributed by atoms with Gasteiger partial charge in [-0.2, -0.15) is 9.90 Å². The molecule has 4 heteroatoms. The molecule has 0 N–H and O–H groups in total. The van der Waals surface area contributed by atoms with Gasteiger partial charge in [0, 0.05) is 0 Å². The molecule has 0 nitrogen and oxygen atoms in total. The molecule has 0 heterocycles. The average molecular weight is 1080 g/mol. The Bertz CT molecular complexity index is 1860.